The summed E-state index contributed by atoms with van der Waals surface area (Å²) >= 11 is 5.77. The molecule has 0 aromatic heterocycles. The number of carbonyl (C=O) groups is 3. The van der Waals surface area contributed by atoms with Crippen molar-refractivity contribution in [1.82, 2.24) is 0 Å². The molecule has 1 fully saturated rings. The Hall–Kier alpha value is -2.58. The number of sulfone groups is 1. The number of hydrogen-bond donors (Lipinski definition) is 1. The summed E-state index contributed by atoms with van der Waals surface area (Å²) in [6.45, 7) is 0. The van der Waals surface area contributed by atoms with Crippen LogP contribution in [0.1, 0.15) is 49.5 Å². The summed E-state index contributed by atoms with van der Waals surface area (Å²) < 4.78 is 37.8. The van der Waals surface area contributed by atoms with Gasteiger partial charge in [-0.1, -0.05) is 11.6 Å². The molecule has 152 valence electrons. The van der Waals surface area contributed by atoms with Gasteiger partial charge in [0.05, 0.1) is 22.6 Å². The van der Waals surface area contributed by atoms with Gasteiger partial charge in [0.15, 0.2) is 11.6 Å². The topological polar surface area (TPSA) is 106 Å². The summed E-state index contributed by atoms with van der Waals surface area (Å²) in [5, 5.41) is 9.84. The van der Waals surface area contributed by atoms with Crippen molar-refractivity contribution in [2.75, 3.05) is 11.5 Å². The van der Waals surface area contributed by atoms with Crippen LogP contribution >= 0.6 is 11.6 Å². The number of halogens is 2. The van der Waals surface area contributed by atoms with E-state index in [2.05, 4.69) is 0 Å². The average molecular weight is 439 g/mol. The molecule has 0 atom stereocenters. The molecule has 0 radical (unpaired) electrons. The Morgan fingerprint density at radius 2 is 1.59 bits per heavy atom. The summed E-state index contributed by atoms with van der Waals surface area (Å²) in [6.07, 6.45) is 0.188. The van der Waals surface area contributed by atoms with Crippen molar-refractivity contribution in [3.8, 4) is 0 Å². The van der Waals surface area contributed by atoms with Crippen molar-refractivity contribution in [1.29, 1.82) is 0 Å². The zero-order valence-corrected chi connectivity index (χ0v) is 16.6. The molecule has 0 saturated carbocycles. The second kappa shape index (κ2) is 8.04. The SMILES string of the molecule is O=C(O)c1cc(C(=O)C2CCS(=O)(=O)CC2)cc(F)c1C(=O)c1ccc(Cl)cc1. The minimum Gasteiger partial charge on any atom is -0.478 e. The van der Waals surface area contributed by atoms with Crippen molar-refractivity contribution in [2.45, 2.75) is 12.8 Å². The van der Waals surface area contributed by atoms with Crippen LogP contribution in [0.3, 0.4) is 0 Å². The third-order valence-electron chi connectivity index (χ3n) is 4.86. The fourth-order valence-corrected chi connectivity index (χ4v) is 4.90. The maximum absolute atomic E-state index is 14.8. The van der Waals surface area contributed by atoms with E-state index in [0.29, 0.717) is 5.02 Å². The molecule has 2 aromatic carbocycles. The van der Waals surface area contributed by atoms with E-state index in [9.17, 15) is 32.3 Å². The number of hydrogen-bond acceptors (Lipinski definition) is 5. The Bertz CT molecular complexity index is 1090. The van der Waals surface area contributed by atoms with Gasteiger partial charge >= 0.3 is 5.97 Å². The van der Waals surface area contributed by atoms with Crippen molar-refractivity contribution in [3.63, 3.8) is 0 Å². The van der Waals surface area contributed by atoms with Gasteiger partial charge < -0.3 is 5.11 Å². The van der Waals surface area contributed by atoms with Gasteiger partial charge in [-0.15, -0.1) is 0 Å². The normalized spacial score (nSPS) is 16.3. The van der Waals surface area contributed by atoms with E-state index >= 15 is 0 Å². The molecule has 0 bridgehead atoms. The van der Waals surface area contributed by atoms with Gasteiger partial charge in [-0.2, -0.15) is 0 Å². The van der Waals surface area contributed by atoms with Crippen LogP contribution < -0.4 is 0 Å². The molecule has 1 saturated heterocycles. The number of rotatable bonds is 5. The molecule has 1 N–H and O–H groups in total. The molecule has 1 aliphatic rings. The highest BCUT2D eigenvalue weighted by Crippen LogP contribution is 2.27. The zero-order chi connectivity index (χ0) is 21.3. The molecule has 0 unspecified atom stereocenters. The molecule has 1 aliphatic heterocycles. The fourth-order valence-electron chi connectivity index (χ4n) is 3.28. The first-order valence-corrected chi connectivity index (χ1v) is 10.9. The molecular weight excluding hydrogens is 423 g/mol. The number of ketones is 2. The molecule has 1 heterocycles. The third-order valence-corrected chi connectivity index (χ3v) is 6.83. The molecule has 0 spiro atoms. The number of carbonyl (C=O) groups excluding carboxylic acids is 2. The first-order chi connectivity index (χ1) is 13.6. The van der Waals surface area contributed by atoms with E-state index < -0.39 is 50.2 Å². The number of aromatic carboxylic acids is 1. The van der Waals surface area contributed by atoms with Crippen LogP contribution in [0.15, 0.2) is 36.4 Å². The highest BCUT2D eigenvalue weighted by atomic mass is 35.5. The maximum Gasteiger partial charge on any atom is 0.336 e. The van der Waals surface area contributed by atoms with Crippen LogP contribution in [-0.2, 0) is 9.84 Å². The summed E-state index contributed by atoms with van der Waals surface area (Å²) in [5.41, 5.74) is -1.43. The molecule has 0 aliphatic carbocycles. The quantitative estimate of drug-likeness (QED) is 0.717. The molecular formula is C20H16ClFO6S. The molecule has 9 heteroatoms. The highest BCUT2D eigenvalue weighted by Gasteiger charge is 2.31. The minimum absolute atomic E-state index is 0.0485. The van der Waals surface area contributed by atoms with Crippen molar-refractivity contribution >= 4 is 39.0 Å². The highest BCUT2D eigenvalue weighted by molar-refractivity contribution is 7.91. The van der Waals surface area contributed by atoms with Gasteiger partial charge in [0.2, 0.25) is 0 Å². The van der Waals surface area contributed by atoms with E-state index in [1.165, 1.54) is 24.3 Å². The fraction of sp³-hybridized carbons (Fsp3) is 0.250. The molecule has 29 heavy (non-hydrogen) atoms. The predicted octanol–water partition coefficient (Wildman–Crippen LogP) is 3.42. The summed E-state index contributed by atoms with van der Waals surface area (Å²) in [7, 11) is -3.19. The van der Waals surface area contributed by atoms with Crippen LogP contribution in [0.25, 0.3) is 0 Å². The number of carboxylic acids is 1. The largest absolute Gasteiger partial charge is 0.478 e. The Morgan fingerprint density at radius 3 is 2.14 bits per heavy atom. The molecule has 2 aromatic rings. The Kier molecular flexibility index (Phi) is 5.86. The Balaban J connectivity index is 1.99. The van der Waals surface area contributed by atoms with Crippen LogP contribution in [0.5, 0.6) is 0 Å². The van der Waals surface area contributed by atoms with Crippen LogP contribution in [0.4, 0.5) is 4.39 Å². The third kappa shape index (κ3) is 4.54. The second-order valence-corrected chi connectivity index (χ2v) is 9.55. The van der Waals surface area contributed by atoms with E-state index in [-0.39, 0.29) is 35.5 Å². The Labute approximate surface area is 171 Å². The van der Waals surface area contributed by atoms with Gasteiger partial charge in [-0.3, -0.25) is 9.59 Å². The van der Waals surface area contributed by atoms with E-state index in [0.717, 1.165) is 12.1 Å². The lowest BCUT2D eigenvalue weighted by Gasteiger charge is -2.21. The Morgan fingerprint density at radius 1 is 1.00 bits per heavy atom. The lowest BCUT2D eigenvalue weighted by atomic mass is 9.89. The first kappa shape index (κ1) is 21.1. The van der Waals surface area contributed by atoms with Crippen LogP contribution in [0.2, 0.25) is 5.02 Å². The lowest BCUT2D eigenvalue weighted by molar-refractivity contribution is 0.0692. The van der Waals surface area contributed by atoms with Crippen LogP contribution in [0, 0.1) is 11.7 Å². The summed E-state index contributed by atoms with van der Waals surface area (Å²) in [4.78, 5) is 37.0. The zero-order valence-electron chi connectivity index (χ0n) is 15.0. The lowest BCUT2D eigenvalue weighted by Crippen LogP contribution is -2.28. The molecule has 6 nitrogen and oxygen atoms in total. The number of Topliss-reactive ketones (excluding diaryl/α,β-unsaturated/α-hetero) is 1. The van der Waals surface area contributed by atoms with Gasteiger partial charge in [-0.25, -0.2) is 17.6 Å². The van der Waals surface area contributed by atoms with Gasteiger partial charge in [-0.05, 0) is 49.2 Å². The number of benzene rings is 2. The van der Waals surface area contributed by atoms with E-state index in [4.69, 9.17) is 11.6 Å². The smallest absolute Gasteiger partial charge is 0.336 e. The maximum atomic E-state index is 14.8. The van der Waals surface area contributed by atoms with Gasteiger partial charge in [0.25, 0.3) is 0 Å². The predicted molar refractivity (Wildman–Crippen MR) is 104 cm³/mol. The van der Waals surface area contributed by atoms with Gasteiger partial charge in [0, 0.05) is 22.1 Å². The average Bonchev–Trinajstić information content (AvgIpc) is 2.66. The van der Waals surface area contributed by atoms with Crippen molar-refractivity contribution in [3.05, 3.63) is 69.5 Å². The van der Waals surface area contributed by atoms with Crippen molar-refractivity contribution in [2.24, 2.45) is 5.92 Å². The van der Waals surface area contributed by atoms with E-state index in [1.807, 2.05) is 0 Å². The molecule has 3 rings (SSSR count). The minimum atomic E-state index is -3.19. The standard InChI is InChI=1S/C20H16ClFO6S/c21-14-3-1-11(2-4-14)19(24)17-15(20(25)26)9-13(10-16(17)22)18(23)12-5-7-29(27,28)8-6-12/h1-4,9-10,12H,5-8H2,(H,25,26). The van der Waals surface area contributed by atoms with E-state index in [1.54, 1.807) is 0 Å². The second-order valence-electron chi connectivity index (χ2n) is 6.81. The number of carboxylic acid groups (broad SMARTS) is 1. The summed E-state index contributed by atoms with van der Waals surface area (Å²) in [5.74, 6) is -5.00. The van der Waals surface area contributed by atoms with Gasteiger partial charge in [0.1, 0.15) is 15.7 Å². The molecule has 0 amide bonds. The monoisotopic (exact) mass is 438 g/mol. The summed E-state index contributed by atoms with van der Waals surface area (Å²) in [6, 6.07) is 7.33. The van der Waals surface area contributed by atoms with Crippen LogP contribution in [-0.4, -0.2) is 42.6 Å². The van der Waals surface area contributed by atoms with Crippen molar-refractivity contribution < 1.29 is 32.3 Å². The first-order valence-electron chi connectivity index (χ1n) is 8.71.